The van der Waals surface area contributed by atoms with Crippen molar-refractivity contribution in [2.24, 2.45) is 4.99 Å². The summed E-state index contributed by atoms with van der Waals surface area (Å²) in [6, 6.07) is 13.7. The van der Waals surface area contributed by atoms with Crippen LogP contribution in [-0.2, 0) is 16.1 Å². The van der Waals surface area contributed by atoms with Gasteiger partial charge >= 0.3 is 6.09 Å². The van der Waals surface area contributed by atoms with Gasteiger partial charge in [0.25, 0.3) is 5.91 Å². The molecule has 1 aliphatic rings. The zero-order chi connectivity index (χ0) is 19.8. The number of rotatable bonds is 2. The summed E-state index contributed by atoms with van der Waals surface area (Å²) in [5.74, 6) is -0.284. The fraction of sp³-hybridized carbons (Fsp3) is 0.318. The van der Waals surface area contributed by atoms with Crippen LogP contribution in [0.4, 0.5) is 10.5 Å². The van der Waals surface area contributed by atoms with Gasteiger partial charge in [-0.15, -0.1) is 0 Å². The highest BCUT2D eigenvalue weighted by Crippen LogP contribution is 2.35. The highest BCUT2D eigenvalue weighted by Gasteiger charge is 2.36. The molecular formula is C22H24N2O3. The van der Waals surface area contributed by atoms with Crippen LogP contribution in [0.25, 0.3) is 0 Å². The second-order valence-corrected chi connectivity index (χ2v) is 7.80. The van der Waals surface area contributed by atoms with Gasteiger partial charge in [-0.1, -0.05) is 42.0 Å². The van der Waals surface area contributed by atoms with Crippen LogP contribution in [0.3, 0.4) is 0 Å². The summed E-state index contributed by atoms with van der Waals surface area (Å²) in [5, 5.41) is 0. The number of hydrogen-bond acceptors (Lipinski definition) is 3. The average Bonchev–Trinajstić information content (AvgIpc) is 2.80. The van der Waals surface area contributed by atoms with E-state index in [1.165, 1.54) is 0 Å². The number of anilines is 1. The van der Waals surface area contributed by atoms with E-state index >= 15 is 0 Å². The van der Waals surface area contributed by atoms with E-state index in [2.05, 4.69) is 4.99 Å². The van der Waals surface area contributed by atoms with Crippen molar-refractivity contribution in [3.63, 3.8) is 0 Å². The van der Waals surface area contributed by atoms with Gasteiger partial charge in [0.2, 0.25) is 0 Å². The lowest BCUT2D eigenvalue weighted by atomic mass is 10.0. The van der Waals surface area contributed by atoms with Gasteiger partial charge in [-0.05, 0) is 51.8 Å². The van der Waals surface area contributed by atoms with Crippen molar-refractivity contribution in [2.45, 2.75) is 46.8 Å². The van der Waals surface area contributed by atoms with E-state index in [1.807, 2.05) is 56.3 Å². The van der Waals surface area contributed by atoms with Gasteiger partial charge < -0.3 is 9.64 Å². The molecule has 0 aromatic heterocycles. The molecule has 1 aliphatic heterocycles. The third kappa shape index (κ3) is 4.08. The minimum atomic E-state index is -0.752. The Morgan fingerprint density at radius 2 is 1.78 bits per heavy atom. The van der Waals surface area contributed by atoms with E-state index < -0.39 is 11.7 Å². The highest BCUT2D eigenvalue weighted by molar-refractivity contribution is 6.55. The molecule has 5 heteroatoms. The molecule has 0 spiro atoms. The van der Waals surface area contributed by atoms with Gasteiger partial charge in [0, 0.05) is 5.56 Å². The van der Waals surface area contributed by atoms with Crippen LogP contribution in [0.2, 0.25) is 0 Å². The number of aryl methyl sites for hydroxylation is 2. The predicted molar refractivity (Wildman–Crippen MR) is 106 cm³/mol. The maximum Gasteiger partial charge on any atom is 0.434 e. The Kier molecular flexibility index (Phi) is 4.87. The lowest BCUT2D eigenvalue weighted by Crippen LogP contribution is -2.31. The number of amides is 2. The quantitative estimate of drug-likeness (QED) is 0.784. The van der Waals surface area contributed by atoms with Crippen LogP contribution in [0.15, 0.2) is 47.5 Å². The van der Waals surface area contributed by atoms with Crippen LogP contribution < -0.4 is 4.90 Å². The van der Waals surface area contributed by atoms with Crippen LogP contribution in [0.1, 0.15) is 43.0 Å². The number of nitrogens with zero attached hydrogens (tertiary/aromatic N) is 2. The molecule has 1 heterocycles. The molecule has 0 saturated heterocycles. The van der Waals surface area contributed by atoms with Crippen molar-refractivity contribution in [1.82, 2.24) is 0 Å². The molecular weight excluding hydrogens is 340 g/mol. The number of benzene rings is 2. The van der Waals surface area contributed by atoms with Crippen molar-refractivity contribution >= 4 is 23.4 Å². The van der Waals surface area contributed by atoms with E-state index in [1.54, 1.807) is 25.7 Å². The smallest absolute Gasteiger partial charge is 0.434 e. The second kappa shape index (κ2) is 6.99. The molecule has 27 heavy (non-hydrogen) atoms. The highest BCUT2D eigenvalue weighted by atomic mass is 16.6. The molecule has 0 aliphatic carbocycles. The standard InChI is InChI=1S/C22H24N2O3/c1-14-11-15(2)19-17(12-14)18(23-21(26)27-22(3,4)5)20(25)24(19)13-16-9-7-6-8-10-16/h6-12H,13H2,1-5H3/b23-18-. The number of fused-ring (bicyclic) bond motifs is 1. The maximum atomic E-state index is 13.1. The molecule has 3 rings (SSSR count). The molecule has 2 aromatic carbocycles. The van der Waals surface area contributed by atoms with E-state index in [9.17, 15) is 9.59 Å². The van der Waals surface area contributed by atoms with Gasteiger partial charge in [0.15, 0.2) is 0 Å². The zero-order valence-corrected chi connectivity index (χ0v) is 16.4. The van der Waals surface area contributed by atoms with Crippen LogP contribution in [0.5, 0.6) is 0 Å². The fourth-order valence-electron chi connectivity index (χ4n) is 3.24. The summed E-state index contributed by atoms with van der Waals surface area (Å²) < 4.78 is 5.28. The normalized spacial score (nSPS) is 15.2. The monoisotopic (exact) mass is 364 g/mol. The molecule has 5 nitrogen and oxygen atoms in total. The molecule has 0 N–H and O–H groups in total. The zero-order valence-electron chi connectivity index (χ0n) is 16.4. The molecule has 0 bridgehead atoms. The first kappa shape index (κ1) is 18.8. The average molecular weight is 364 g/mol. The van der Waals surface area contributed by atoms with Crippen molar-refractivity contribution < 1.29 is 14.3 Å². The van der Waals surface area contributed by atoms with Crippen LogP contribution >= 0.6 is 0 Å². The first-order valence-corrected chi connectivity index (χ1v) is 8.95. The van der Waals surface area contributed by atoms with Gasteiger partial charge in [-0.2, -0.15) is 4.99 Å². The number of hydrogen-bond donors (Lipinski definition) is 0. The molecule has 0 saturated carbocycles. The number of carbonyl (C=O) groups excluding carboxylic acids is 2. The minimum absolute atomic E-state index is 0.141. The Morgan fingerprint density at radius 3 is 2.41 bits per heavy atom. The Balaban J connectivity index is 2.05. The van der Waals surface area contributed by atoms with E-state index in [0.717, 1.165) is 22.4 Å². The lowest BCUT2D eigenvalue weighted by molar-refractivity contribution is -0.112. The molecule has 0 radical (unpaired) electrons. The molecule has 0 unspecified atom stereocenters. The largest absolute Gasteiger partial charge is 0.442 e. The van der Waals surface area contributed by atoms with Gasteiger partial charge in [-0.25, -0.2) is 4.79 Å². The van der Waals surface area contributed by atoms with Crippen LogP contribution in [-0.4, -0.2) is 23.3 Å². The van der Waals surface area contributed by atoms with E-state index in [-0.39, 0.29) is 11.6 Å². The second-order valence-electron chi connectivity index (χ2n) is 7.80. The predicted octanol–water partition coefficient (Wildman–Crippen LogP) is 4.57. The van der Waals surface area contributed by atoms with Crippen molar-refractivity contribution in [1.29, 1.82) is 0 Å². The Morgan fingerprint density at radius 1 is 1.11 bits per heavy atom. The van der Waals surface area contributed by atoms with Crippen molar-refractivity contribution in [2.75, 3.05) is 4.90 Å². The summed E-state index contributed by atoms with van der Waals surface area (Å²) in [7, 11) is 0. The van der Waals surface area contributed by atoms with E-state index in [4.69, 9.17) is 4.74 Å². The summed E-state index contributed by atoms with van der Waals surface area (Å²) in [6.07, 6.45) is -0.752. The van der Waals surface area contributed by atoms with Gasteiger partial charge in [-0.3, -0.25) is 4.79 Å². The first-order chi connectivity index (χ1) is 12.7. The SMILES string of the molecule is Cc1cc(C)c2c(c1)/C(=N/C(=O)OC(C)(C)C)C(=O)N2Cc1ccccc1. The molecule has 2 amide bonds. The fourth-order valence-corrected chi connectivity index (χ4v) is 3.24. The summed E-state index contributed by atoms with van der Waals surface area (Å²) in [5.41, 5.74) is 3.95. The molecule has 0 atom stereocenters. The topological polar surface area (TPSA) is 59.0 Å². The number of carbonyl (C=O) groups is 2. The lowest BCUT2D eigenvalue weighted by Gasteiger charge is -2.19. The van der Waals surface area contributed by atoms with Gasteiger partial charge in [0.05, 0.1) is 12.2 Å². The number of ether oxygens (including phenoxy) is 1. The Bertz CT molecular complexity index is 925. The maximum absolute atomic E-state index is 13.1. The molecule has 140 valence electrons. The molecule has 0 fully saturated rings. The summed E-state index contributed by atoms with van der Waals surface area (Å²) in [4.78, 5) is 31.0. The molecule has 2 aromatic rings. The first-order valence-electron chi connectivity index (χ1n) is 8.95. The van der Waals surface area contributed by atoms with Gasteiger partial charge in [0.1, 0.15) is 11.3 Å². The summed E-state index contributed by atoms with van der Waals surface area (Å²) >= 11 is 0. The van der Waals surface area contributed by atoms with Crippen LogP contribution in [0, 0.1) is 13.8 Å². The van der Waals surface area contributed by atoms with Crippen molar-refractivity contribution in [3.05, 3.63) is 64.7 Å². The third-order valence-electron chi connectivity index (χ3n) is 4.20. The minimum Gasteiger partial charge on any atom is -0.442 e. The van der Waals surface area contributed by atoms with E-state index in [0.29, 0.717) is 12.1 Å². The third-order valence-corrected chi connectivity index (χ3v) is 4.20. The van der Waals surface area contributed by atoms with Crippen molar-refractivity contribution in [3.8, 4) is 0 Å². The Hall–Kier alpha value is -2.95. The Labute approximate surface area is 159 Å². The summed E-state index contributed by atoms with van der Waals surface area (Å²) in [6.45, 7) is 9.66. The number of aliphatic imine (C=N–C) groups is 1.